The van der Waals surface area contributed by atoms with Crippen LogP contribution in [-0.4, -0.2) is 18.5 Å². The van der Waals surface area contributed by atoms with Crippen molar-refractivity contribution >= 4 is 68.3 Å². The average molecular weight is 438 g/mol. The highest BCUT2D eigenvalue weighted by Crippen LogP contribution is 2.31. The number of nitrogens with one attached hydrogen (secondary N) is 1. The second-order valence-corrected chi connectivity index (χ2v) is 6.37. The van der Waals surface area contributed by atoms with Gasteiger partial charge in [0.15, 0.2) is 6.61 Å². The van der Waals surface area contributed by atoms with Gasteiger partial charge in [-0.05, 0) is 40.2 Å². The van der Waals surface area contributed by atoms with Crippen LogP contribution in [0.5, 0.6) is 0 Å². The lowest BCUT2D eigenvalue weighted by Gasteiger charge is -2.10. The Morgan fingerprint density at radius 2 is 1.70 bits per heavy atom. The highest BCUT2D eigenvalue weighted by Gasteiger charge is 2.19. The molecule has 0 aliphatic carbocycles. The van der Waals surface area contributed by atoms with Crippen LogP contribution in [0.4, 0.5) is 5.69 Å². The van der Waals surface area contributed by atoms with E-state index >= 15 is 0 Å². The highest BCUT2D eigenvalue weighted by molar-refractivity contribution is 9.10. The molecule has 0 saturated carbocycles. The molecule has 120 valence electrons. The van der Waals surface area contributed by atoms with Crippen molar-refractivity contribution in [3.8, 4) is 0 Å². The van der Waals surface area contributed by atoms with Crippen LogP contribution in [0.2, 0.25) is 15.1 Å². The SMILES string of the molecule is O=C(COC(=O)c1c(Cl)ccc(Cl)c1Cl)Nc1ccccc1Br. The lowest BCUT2D eigenvalue weighted by Crippen LogP contribution is -2.21. The summed E-state index contributed by atoms with van der Waals surface area (Å²) in [6, 6.07) is 9.93. The van der Waals surface area contributed by atoms with E-state index in [-0.39, 0.29) is 20.6 Å². The molecular formula is C15H9BrCl3NO3. The summed E-state index contributed by atoms with van der Waals surface area (Å²) >= 11 is 21.0. The number of halogens is 4. The van der Waals surface area contributed by atoms with E-state index in [1.807, 2.05) is 6.07 Å². The molecule has 0 bridgehead atoms. The van der Waals surface area contributed by atoms with Crippen molar-refractivity contribution in [1.82, 2.24) is 0 Å². The fourth-order valence-electron chi connectivity index (χ4n) is 1.67. The van der Waals surface area contributed by atoms with E-state index in [4.69, 9.17) is 39.5 Å². The summed E-state index contributed by atoms with van der Waals surface area (Å²) in [5.74, 6) is -1.33. The minimum Gasteiger partial charge on any atom is -0.452 e. The highest BCUT2D eigenvalue weighted by atomic mass is 79.9. The summed E-state index contributed by atoms with van der Waals surface area (Å²) in [5.41, 5.74) is 0.488. The van der Waals surface area contributed by atoms with Crippen molar-refractivity contribution in [3.63, 3.8) is 0 Å². The zero-order valence-corrected chi connectivity index (χ0v) is 15.3. The molecule has 0 aromatic heterocycles. The Hall–Kier alpha value is -1.27. The molecule has 0 aliphatic rings. The number of ether oxygens (including phenoxy) is 1. The number of para-hydroxylation sites is 1. The summed E-state index contributed by atoms with van der Waals surface area (Å²) in [6.45, 7) is -0.487. The van der Waals surface area contributed by atoms with Gasteiger partial charge in [-0.2, -0.15) is 0 Å². The Kier molecular flexibility index (Phi) is 6.30. The van der Waals surface area contributed by atoms with Crippen LogP contribution in [0.25, 0.3) is 0 Å². The molecule has 0 spiro atoms. The van der Waals surface area contributed by atoms with Crippen LogP contribution < -0.4 is 5.32 Å². The predicted octanol–water partition coefficient (Wildman–Crippen LogP) is 5.20. The number of anilines is 1. The van der Waals surface area contributed by atoms with Gasteiger partial charge in [0, 0.05) is 4.47 Å². The van der Waals surface area contributed by atoms with Gasteiger partial charge in [-0.3, -0.25) is 4.79 Å². The van der Waals surface area contributed by atoms with Crippen molar-refractivity contribution in [2.45, 2.75) is 0 Å². The summed E-state index contributed by atoms with van der Waals surface area (Å²) < 4.78 is 5.63. The van der Waals surface area contributed by atoms with Gasteiger partial charge in [0.25, 0.3) is 5.91 Å². The second-order valence-electron chi connectivity index (χ2n) is 4.32. The molecule has 2 aromatic rings. The van der Waals surface area contributed by atoms with Crippen LogP contribution in [-0.2, 0) is 9.53 Å². The lowest BCUT2D eigenvalue weighted by atomic mass is 10.2. The first-order valence-corrected chi connectivity index (χ1v) is 8.18. The number of carbonyl (C=O) groups is 2. The summed E-state index contributed by atoms with van der Waals surface area (Å²) in [5, 5.41) is 2.84. The number of hydrogen-bond donors (Lipinski definition) is 1. The Morgan fingerprint density at radius 1 is 1.04 bits per heavy atom. The minimum absolute atomic E-state index is 0.0182. The Labute approximate surface area is 155 Å². The van der Waals surface area contributed by atoms with Gasteiger partial charge in [-0.1, -0.05) is 46.9 Å². The monoisotopic (exact) mass is 435 g/mol. The number of hydrogen-bond acceptors (Lipinski definition) is 3. The van der Waals surface area contributed by atoms with E-state index in [9.17, 15) is 9.59 Å². The predicted molar refractivity (Wildman–Crippen MR) is 94.5 cm³/mol. The summed E-state index contributed by atoms with van der Waals surface area (Å²) in [6.07, 6.45) is 0. The van der Waals surface area contributed by atoms with Gasteiger partial charge in [-0.25, -0.2) is 4.79 Å². The minimum atomic E-state index is -0.829. The molecule has 0 aliphatic heterocycles. The van der Waals surface area contributed by atoms with Gasteiger partial charge in [-0.15, -0.1) is 0 Å². The van der Waals surface area contributed by atoms with Crippen molar-refractivity contribution in [1.29, 1.82) is 0 Å². The number of benzene rings is 2. The van der Waals surface area contributed by atoms with Gasteiger partial charge < -0.3 is 10.1 Å². The summed E-state index contributed by atoms with van der Waals surface area (Å²) in [7, 11) is 0. The van der Waals surface area contributed by atoms with Crippen molar-refractivity contribution < 1.29 is 14.3 Å². The standard InChI is InChI=1S/C15H9BrCl3NO3/c16-8-3-1-2-4-11(8)20-12(21)7-23-15(22)13-9(17)5-6-10(18)14(13)19/h1-6H,7H2,(H,20,21). The molecular weight excluding hydrogens is 428 g/mol. The molecule has 1 N–H and O–H groups in total. The molecule has 2 rings (SSSR count). The fraction of sp³-hybridized carbons (Fsp3) is 0.0667. The van der Waals surface area contributed by atoms with Crippen LogP contribution in [0.15, 0.2) is 40.9 Å². The number of rotatable bonds is 4. The summed E-state index contributed by atoms with van der Waals surface area (Å²) in [4.78, 5) is 23.9. The largest absolute Gasteiger partial charge is 0.452 e. The van der Waals surface area contributed by atoms with Gasteiger partial charge >= 0.3 is 5.97 Å². The molecule has 0 atom stereocenters. The molecule has 0 heterocycles. The topological polar surface area (TPSA) is 55.4 Å². The molecule has 23 heavy (non-hydrogen) atoms. The van der Waals surface area contributed by atoms with Crippen LogP contribution >= 0.6 is 50.7 Å². The second kappa shape index (κ2) is 8.02. The van der Waals surface area contributed by atoms with E-state index < -0.39 is 18.5 Å². The molecule has 8 heteroatoms. The van der Waals surface area contributed by atoms with Crippen LogP contribution in [0.3, 0.4) is 0 Å². The molecule has 0 radical (unpaired) electrons. The lowest BCUT2D eigenvalue weighted by molar-refractivity contribution is -0.119. The van der Waals surface area contributed by atoms with E-state index in [1.54, 1.807) is 18.2 Å². The van der Waals surface area contributed by atoms with Gasteiger partial charge in [0.2, 0.25) is 0 Å². The maximum atomic E-state index is 12.0. The first kappa shape index (κ1) is 18.1. The van der Waals surface area contributed by atoms with Crippen molar-refractivity contribution in [2.75, 3.05) is 11.9 Å². The molecule has 0 fully saturated rings. The third-order valence-corrected chi connectivity index (χ3v) is 4.54. The third kappa shape index (κ3) is 4.61. The molecule has 0 unspecified atom stereocenters. The Morgan fingerprint density at radius 3 is 2.39 bits per heavy atom. The smallest absolute Gasteiger partial charge is 0.341 e. The van der Waals surface area contributed by atoms with E-state index in [0.29, 0.717) is 10.2 Å². The van der Waals surface area contributed by atoms with Gasteiger partial charge in [0.1, 0.15) is 0 Å². The van der Waals surface area contributed by atoms with Crippen molar-refractivity contribution in [2.24, 2.45) is 0 Å². The van der Waals surface area contributed by atoms with Crippen LogP contribution in [0.1, 0.15) is 10.4 Å². The van der Waals surface area contributed by atoms with Crippen molar-refractivity contribution in [3.05, 3.63) is 61.5 Å². The molecule has 0 saturated heterocycles. The van der Waals surface area contributed by atoms with Crippen LogP contribution in [0, 0.1) is 0 Å². The zero-order chi connectivity index (χ0) is 17.0. The third-order valence-electron chi connectivity index (χ3n) is 2.73. The van der Waals surface area contributed by atoms with E-state index in [2.05, 4.69) is 21.2 Å². The Bertz CT molecular complexity index is 768. The number of esters is 1. The van der Waals surface area contributed by atoms with E-state index in [1.165, 1.54) is 12.1 Å². The van der Waals surface area contributed by atoms with E-state index in [0.717, 1.165) is 0 Å². The average Bonchev–Trinajstić information content (AvgIpc) is 2.51. The fourth-order valence-corrected chi connectivity index (χ4v) is 2.73. The quantitative estimate of drug-likeness (QED) is 0.528. The zero-order valence-electron chi connectivity index (χ0n) is 11.4. The number of carbonyl (C=O) groups excluding carboxylic acids is 2. The molecule has 2 aromatic carbocycles. The Balaban J connectivity index is 2.01. The number of amides is 1. The first-order chi connectivity index (χ1) is 10.9. The normalized spacial score (nSPS) is 10.3. The maximum Gasteiger partial charge on any atom is 0.341 e. The van der Waals surface area contributed by atoms with Gasteiger partial charge in [0.05, 0.1) is 26.3 Å². The molecule has 1 amide bonds. The maximum absolute atomic E-state index is 12.0. The molecule has 4 nitrogen and oxygen atoms in total. The first-order valence-electron chi connectivity index (χ1n) is 6.25.